The van der Waals surface area contributed by atoms with E-state index in [9.17, 15) is 18.4 Å². The number of piperazine rings is 1. The van der Waals surface area contributed by atoms with E-state index in [1.165, 1.54) is 19.3 Å². The molecule has 0 bridgehead atoms. The highest BCUT2D eigenvalue weighted by molar-refractivity contribution is 5.97. The van der Waals surface area contributed by atoms with Crippen molar-refractivity contribution >= 4 is 23.2 Å². The smallest absolute Gasteiger partial charge is 0.269 e. The lowest BCUT2D eigenvalue weighted by molar-refractivity contribution is -0.123. The molecule has 0 radical (unpaired) electrons. The van der Waals surface area contributed by atoms with Crippen molar-refractivity contribution in [2.45, 2.75) is 26.0 Å². The molecule has 2 aliphatic heterocycles. The molecule has 170 valence electrons. The number of nitrogens with one attached hydrogen (secondary N) is 2. The molecule has 2 amide bonds. The lowest BCUT2D eigenvalue weighted by Crippen LogP contribution is -2.46. The number of hydrogen-bond donors (Lipinski definition) is 2. The number of pyridine rings is 2. The number of fused-ring (bicyclic) bond motifs is 1. The van der Waals surface area contributed by atoms with Gasteiger partial charge in [0.05, 0.1) is 17.6 Å². The van der Waals surface area contributed by atoms with E-state index in [1.54, 1.807) is 6.07 Å². The number of rotatable bonds is 5. The van der Waals surface area contributed by atoms with Crippen LogP contribution < -0.4 is 20.3 Å². The summed E-state index contributed by atoms with van der Waals surface area (Å²) in [5.74, 6) is -1.91. The van der Waals surface area contributed by atoms with Crippen LogP contribution in [0, 0.1) is 11.8 Å². The number of halogens is 2. The SMILES string of the molecule is CC[C@@H]1Oc2cnc(CN3CCN(c4ccc(C(=O)NC)nc4F)CC3)c(F)c2NC1=O. The lowest BCUT2D eigenvalue weighted by Gasteiger charge is -2.36. The van der Waals surface area contributed by atoms with E-state index in [1.807, 2.05) is 16.7 Å². The van der Waals surface area contributed by atoms with Crippen LogP contribution in [0.5, 0.6) is 5.75 Å². The van der Waals surface area contributed by atoms with Crippen LogP contribution in [0.4, 0.5) is 20.2 Å². The number of hydrogen-bond acceptors (Lipinski definition) is 7. The average molecular weight is 446 g/mol. The quantitative estimate of drug-likeness (QED) is 0.673. The average Bonchev–Trinajstić information content (AvgIpc) is 2.81. The summed E-state index contributed by atoms with van der Waals surface area (Å²) < 4.78 is 34.9. The Morgan fingerprint density at radius 1 is 1.28 bits per heavy atom. The first-order valence-corrected chi connectivity index (χ1v) is 10.4. The van der Waals surface area contributed by atoms with E-state index < -0.39 is 23.8 Å². The number of nitrogens with zero attached hydrogens (tertiary/aromatic N) is 4. The molecule has 1 fully saturated rings. The summed E-state index contributed by atoms with van der Waals surface area (Å²) in [6, 6.07) is 3.02. The first-order valence-electron chi connectivity index (χ1n) is 10.4. The normalized spacial score (nSPS) is 18.6. The largest absolute Gasteiger partial charge is 0.477 e. The molecular weight excluding hydrogens is 422 g/mol. The van der Waals surface area contributed by atoms with Gasteiger partial charge in [-0.05, 0) is 18.6 Å². The number of aromatic nitrogens is 2. The molecule has 0 aliphatic carbocycles. The van der Waals surface area contributed by atoms with Crippen LogP contribution >= 0.6 is 0 Å². The zero-order valence-electron chi connectivity index (χ0n) is 17.8. The van der Waals surface area contributed by atoms with Gasteiger partial charge in [-0.25, -0.2) is 9.37 Å². The molecule has 32 heavy (non-hydrogen) atoms. The summed E-state index contributed by atoms with van der Waals surface area (Å²) in [5.41, 5.74) is 0.565. The van der Waals surface area contributed by atoms with Crippen molar-refractivity contribution in [3.63, 3.8) is 0 Å². The molecule has 2 aliphatic rings. The second-order valence-electron chi connectivity index (χ2n) is 7.61. The maximum absolute atomic E-state index is 15.0. The van der Waals surface area contributed by atoms with Crippen LogP contribution in [0.15, 0.2) is 18.3 Å². The molecule has 11 heteroatoms. The van der Waals surface area contributed by atoms with Crippen LogP contribution in [-0.4, -0.2) is 66.0 Å². The van der Waals surface area contributed by atoms with Crippen molar-refractivity contribution in [1.29, 1.82) is 0 Å². The molecule has 2 N–H and O–H groups in total. The van der Waals surface area contributed by atoms with E-state index >= 15 is 0 Å². The second-order valence-corrected chi connectivity index (χ2v) is 7.61. The number of anilines is 2. The molecule has 4 heterocycles. The van der Waals surface area contributed by atoms with Gasteiger partial charge < -0.3 is 20.3 Å². The summed E-state index contributed by atoms with van der Waals surface area (Å²) in [6.45, 7) is 4.16. The molecule has 4 rings (SSSR count). The predicted octanol–water partition coefficient (Wildman–Crippen LogP) is 1.55. The topological polar surface area (TPSA) is 99.7 Å². The minimum atomic E-state index is -0.705. The van der Waals surface area contributed by atoms with Gasteiger partial charge in [0, 0.05) is 39.8 Å². The van der Waals surface area contributed by atoms with Crippen molar-refractivity contribution < 1.29 is 23.1 Å². The fourth-order valence-corrected chi connectivity index (χ4v) is 3.78. The first kappa shape index (κ1) is 21.9. The Hall–Kier alpha value is -3.34. The van der Waals surface area contributed by atoms with Crippen molar-refractivity contribution in [2.24, 2.45) is 0 Å². The minimum Gasteiger partial charge on any atom is -0.477 e. The van der Waals surface area contributed by atoms with Crippen LogP contribution in [0.25, 0.3) is 0 Å². The molecule has 0 saturated carbocycles. The molecule has 1 atom stereocenters. The lowest BCUT2D eigenvalue weighted by atomic mass is 10.1. The zero-order valence-corrected chi connectivity index (χ0v) is 17.8. The molecule has 0 aromatic carbocycles. The Morgan fingerprint density at radius 2 is 2.03 bits per heavy atom. The third-order valence-electron chi connectivity index (χ3n) is 5.61. The third-order valence-corrected chi connectivity index (χ3v) is 5.61. The third kappa shape index (κ3) is 4.20. The monoisotopic (exact) mass is 446 g/mol. The summed E-state index contributed by atoms with van der Waals surface area (Å²) in [6.07, 6.45) is 1.26. The molecular formula is C21H24F2N6O3. The maximum Gasteiger partial charge on any atom is 0.269 e. The number of carbonyl (C=O) groups excluding carboxylic acids is 2. The Bertz CT molecular complexity index is 1040. The van der Waals surface area contributed by atoms with Gasteiger partial charge in [-0.3, -0.25) is 19.5 Å². The first-order chi connectivity index (χ1) is 15.4. The van der Waals surface area contributed by atoms with Gasteiger partial charge in [0.15, 0.2) is 17.7 Å². The highest BCUT2D eigenvalue weighted by Gasteiger charge is 2.30. The van der Waals surface area contributed by atoms with Gasteiger partial charge in [-0.15, -0.1) is 0 Å². The van der Waals surface area contributed by atoms with Crippen molar-refractivity contribution in [3.05, 3.63) is 41.5 Å². The van der Waals surface area contributed by atoms with Gasteiger partial charge in [-0.1, -0.05) is 6.92 Å². The Morgan fingerprint density at radius 3 is 2.69 bits per heavy atom. The second kappa shape index (κ2) is 9.03. The van der Waals surface area contributed by atoms with Crippen molar-refractivity contribution in [3.8, 4) is 5.75 Å². The van der Waals surface area contributed by atoms with Gasteiger partial charge in [0.25, 0.3) is 11.8 Å². The fourth-order valence-electron chi connectivity index (χ4n) is 3.78. The van der Waals surface area contributed by atoms with E-state index in [-0.39, 0.29) is 35.3 Å². The van der Waals surface area contributed by atoms with E-state index in [4.69, 9.17) is 4.74 Å². The highest BCUT2D eigenvalue weighted by atomic mass is 19.1. The Balaban J connectivity index is 1.40. The molecule has 2 aromatic heterocycles. The van der Waals surface area contributed by atoms with Gasteiger partial charge in [0.2, 0.25) is 5.95 Å². The number of amides is 2. The maximum atomic E-state index is 15.0. The van der Waals surface area contributed by atoms with Crippen LogP contribution in [0.3, 0.4) is 0 Å². The molecule has 0 spiro atoms. The van der Waals surface area contributed by atoms with Crippen molar-refractivity contribution in [2.75, 3.05) is 43.4 Å². The molecule has 0 unspecified atom stereocenters. The van der Waals surface area contributed by atoms with Crippen LogP contribution in [-0.2, 0) is 11.3 Å². The zero-order chi connectivity index (χ0) is 22.8. The van der Waals surface area contributed by atoms with E-state index in [2.05, 4.69) is 20.6 Å². The molecule has 9 nitrogen and oxygen atoms in total. The van der Waals surface area contributed by atoms with E-state index in [0.717, 1.165) is 0 Å². The summed E-state index contributed by atoms with van der Waals surface area (Å²) >= 11 is 0. The number of ether oxygens (including phenoxy) is 1. The minimum absolute atomic E-state index is 0.0164. The van der Waals surface area contributed by atoms with Crippen molar-refractivity contribution in [1.82, 2.24) is 20.2 Å². The summed E-state index contributed by atoms with van der Waals surface area (Å²) in [7, 11) is 1.46. The standard InChI is InChI=1S/C21H24F2N6O3/c1-3-15-21(31)27-18-16(32-15)10-25-13(17(18)22)11-28-6-8-29(9-7-28)14-5-4-12(20(30)24-2)26-19(14)23/h4-5,10,15H,3,6-9,11H2,1-2H3,(H,24,30)(H,27,31)/t15-/m0/s1. The number of carbonyl (C=O) groups is 2. The molecule has 2 aromatic rings. The summed E-state index contributed by atoms with van der Waals surface area (Å²) in [4.78, 5) is 35.4. The van der Waals surface area contributed by atoms with Crippen LogP contribution in [0.1, 0.15) is 29.5 Å². The van der Waals surface area contributed by atoms with Gasteiger partial charge >= 0.3 is 0 Å². The predicted molar refractivity (Wildman–Crippen MR) is 113 cm³/mol. The van der Waals surface area contributed by atoms with Gasteiger partial charge in [0.1, 0.15) is 11.4 Å². The Kier molecular flexibility index (Phi) is 6.17. The van der Waals surface area contributed by atoms with E-state index in [0.29, 0.717) is 38.3 Å². The van der Waals surface area contributed by atoms with Gasteiger partial charge in [-0.2, -0.15) is 4.39 Å². The molecule has 1 saturated heterocycles. The Labute approximate surface area is 183 Å². The summed E-state index contributed by atoms with van der Waals surface area (Å²) in [5, 5.41) is 4.99. The fraction of sp³-hybridized carbons (Fsp3) is 0.429. The van der Waals surface area contributed by atoms with Crippen LogP contribution in [0.2, 0.25) is 0 Å². The highest BCUT2D eigenvalue weighted by Crippen LogP contribution is 2.33.